The van der Waals surface area contributed by atoms with Gasteiger partial charge in [0.2, 0.25) is 0 Å². The highest BCUT2D eigenvalue weighted by molar-refractivity contribution is 5.24. The van der Waals surface area contributed by atoms with Crippen molar-refractivity contribution in [3.8, 4) is 0 Å². The van der Waals surface area contributed by atoms with Crippen LogP contribution in [0.3, 0.4) is 0 Å². The minimum Gasteiger partial charge on any atom is -0.212 e. The molecule has 2 fully saturated rings. The Hall–Kier alpha value is -1.11. The lowest BCUT2D eigenvalue weighted by Gasteiger charge is -2.28. The molecule has 182 valence electrons. The fourth-order valence-corrected chi connectivity index (χ4v) is 5.84. The van der Waals surface area contributed by atoms with Gasteiger partial charge >= 0.3 is 0 Å². The Bertz CT molecular complexity index is 633. The van der Waals surface area contributed by atoms with Crippen LogP contribution in [0.4, 0.5) is 4.39 Å². The van der Waals surface area contributed by atoms with E-state index in [0.717, 1.165) is 30.6 Å². The number of hydrogen-bond acceptors (Lipinski definition) is 0. The van der Waals surface area contributed by atoms with Crippen LogP contribution >= 0.6 is 0 Å². The highest BCUT2D eigenvalue weighted by Crippen LogP contribution is 2.36. The van der Waals surface area contributed by atoms with Gasteiger partial charge in [-0.2, -0.15) is 0 Å². The summed E-state index contributed by atoms with van der Waals surface area (Å²) in [5.74, 6) is 3.84. The van der Waals surface area contributed by atoms with E-state index in [1.807, 2.05) is 6.08 Å². The molecule has 2 saturated carbocycles. The fraction of sp³-hybridized carbons (Fsp3) is 0.742. The van der Waals surface area contributed by atoms with E-state index in [2.05, 4.69) is 58.9 Å². The topological polar surface area (TPSA) is 0 Å². The van der Waals surface area contributed by atoms with Crippen LogP contribution in [-0.2, 0) is 0 Å². The molecule has 1 atom stereocenters. The molecule has 0 bridgehead atoms. The van der Waals surface area contributed by atoms with Crippen molar-refractivity contribution in [2.24, 2.45) is 29.6 Å². The minimum absolute atomic E-state index is 0.0759. The van der Waals surface area contributed by atoms with Gasteiger partial charge in [-0.3, -0.25) is 0 Å². The Morgan fingerprint density at radius 1 is 0.938 bits per heavy atom. The number of allylic oxidation sites excluding steroid dienone is 8. The molecule has 0 N–H and O–H groups in total. The molecule has 2 rings (SSSR count). The molecule has 0 saturated heterocycles. The van der Waals surface area contributed by atoms with Gasteiger partial charge in [0.05, 0.1) is 0 Å². The molecule has 32 heavy (non-hydrogen) atoms. The standard InChI is InChI=1S/C31H51F/c1-6-26-19-21-30(22-20-26)29(8-3)23-31(32)14-9-11-25(5)28(7-2)13-10-12-27-17-15-24(4)16-18-27/h7-8,10,13,23-27,30H,6,9,11-12,14-22H2,1-5H3/b13-10-,28-7+,29-8+,31-23+. The molecule has 1 heteroatoms. The monoisotopic (exact) mass is 442 g/mol. The summed E-state index contributed by atoms with van der Waals surface area (Å²) in [6, 6.07) is 0. The first-order valence-corrected chi connectivity index (χ1v) is 13.8. The zero-order valence-electron chi connectivity index (χ0n) is 21.8. The van der Waals surface area contributed by atoms with Crippen molar-refractivity contribution in [1.82, 2.24) is 0 Å². The van der Waals surface area contributed by atoms with Gasteiger partial charge in [0.1, 0.15) is 5.83 Å². The lowest BCUT2D eigenvalue weighted by atomic mass is 9.77. The van der Waals surface area contributed by atoms with Gasteiger partial charge in [0.15, 0.2) is 0 Å². The maximum Gasteiger partial charge on any atom is 0.100 e. The van der Waals surface area contributed by atoms with Crippen LogP contribution in [0.2, 0.25) is 0 Å². The third-order valence-electron chi connectivity index (χ3n) is 8.42. The van der Waals surface area contributed by atoms with E-state index >= 15 is 0 Å². The van der Waals surface area contributed by atoms with Crippen molar-refractivity contribution in [2.45, 2.75) is 118 Å². The van der Waals surface area contributed by atoms with Crippen molar-refractivity contribution >= 4 is 0 Å². The molecule has 0 radical (unpaired) electrons. The first-order valence-electron chi connectivity index (χ1n) is 13.8. The van der Waals surface area contributed by atoms with E-state index in [9.17, 15) is 4.39 Å². The summed E-state index contributed by atoms with van der Waals surface area (Å²) < 4.78 is 14.7. The van der Waals surface area contributed by atoms with E-state index in [0.29, 0.717) is 18.3 Å². The normalized spacial score (nSPS) is 29.5. The molecule has 2 aliphatic carbocycles. The van der Waals surface area contributed by atoms with E-state index < -0.39 is 0 Å². The van der Waals surface area contributed by atoms with E-state index in [4.69, 9.17) is 0 Å². The van der Waals surface area contributed by atoms with Crippen molar-refractivity contribution in [3.05, 3.63) is 47.4 Å². The fourth-order valence-electron chi connectivity index (χ4n) is 5.84. The summed E-state index contributed by atoms with van der Waals surface area (Å²) in [6.45, 7) is 11.2. The Labute approximate surface area is 199 Å². The molecular weight excluding hydrogens is 391 g/mol. The average molecular weight is 443 g/mol. The van der Waals surface area contributed by atoms with Crippen LogP contribution in [0, 0.1) is 29.6 Å². The molecule has 0 aromatic rings. The molecule has 0 aromatic carbocycles. The van der Waals surface area contributed by atoms with Crippen molar-refractivity contribution in [3.63, 3.8) is 0 Å². The van der Waals surface area contributed by atoms with Crippen molar-refractivity contribution < 1.29 is 4.39 Å². The first kappa shape index (κ1) is 27.1. The highest BCUT2D eigenvalue weighted by atomic mass is 19.1. The molecule has 0 aromatic heterocycles. The maximum atomic E-state index is 14.7. The predicted octanol–water partition coefficient (Wildman–Crippen LogP) is 10.5. The van der Waals surface area contributed by atoms with Gasteiger partial charge < -0.3 is 0 Å². The second kappa shape index (κ2) is 14.9. The molecule has 1 unspecified atom stereocenters. The Morgan fingerprint density at radius 2 is 1.59 bits per heavy atom. The smallest absolute Gasteiger partial charge is 0.100 e. The van der Waals surface area contributed by atoms with Gasteiger partial charge in [-0.25, -0.2) is 4.39 Å². The summed E-state index contributed by atoms with van der Waals surface area (Å²) in [6.07, 6.45) is 26.8. The Balaban J connectivity index is 1.73. The van der Waals surface area contributed by atoms with Gasteiger partial charge in [-0.1, -0.05) is 64.3 Å². The quantitative estimate of drug-likeness (QED) is 0.279. The minimum atomic E-state index is 0.0759. The van der Waals surface area contributed by atoms with Crippen molar-refractivity contribution in [2.75, 3.05) is 0 Å². The Morgan fingerprint density at radius 3 is 2.19 bits per heavy atom. The van der Waals surface area contributed by atoms with Gasteiger partial charge in [0, 0.05) is 0 Å². The van der Waals surface area contributed by atoms with Gasteiger partial charge in [-0.15, -0.1) is 0 Å². The van der Waals surface area contributed by atoms with Crippen LogP contribution in [0.5, 0.6) is 0 Å². The summed E-state index contributed by atoms with van der Waals surface area (Å²) in [4.78, 5) is 0. The summed E-state index contributed by atoms with van der Waals surface area (Å²) in [5, 5.41) is 0. The van der Waals surface area contributed by atoms with Crippen LogP contribution in [-0.4, -0.2) is 0 Å². The predicted molar refractivity (Wildman–Crippen MR) is 140 cm³/mol. The van der Waals surface area contributed by atoms with Crippen LogP contribution in [0.1, 0.15) is 118 Å². The van der Waals surface area contributed by atoms with E-state index in [-0.39, 0.29) is 5.83 Å². The highest BCUT2D eigenvalue weighted by Gasteiger charge is 2.22. The molecule has 0 nitrogen and oxygen atoms in total. The zero-order chi connectivity index (χ0) is 23.3. The van der Waals surface area contributed by atoms with Crippen LogP contribution in [0.25, 0.3) is 0 Å². The SMILES string of the molecule is C/C=C(\C=C/CC1CCC(C)CC1)C(C)CCC/C(F)=C\C(=C/C)C1CCC(CC)CC1. The Kier molecular flexibility index (Phi) is 12.7. The number of halogens is 1. The first-order chi connectivity index (χ1) is 15.5. The summed E-state index contributed by atoms with van der Waals surface area (Å²) in [5.41, 5.74) is 2.65. The molecular formula is C31H51F. The molecule has 0 amide bonds. The maximum absolute atomic E-state index is 14.7. The van der Waals surface area contributed by atoms with E-state index in [1.54, 1.807) is 0 Å². The third-order valence-corrected chi connectivity index (χ3v) is 8.42. The van der Waals surface area contributed by atoms with Gasteiger partial charge in [0.25, 0.3) is 0 Å². The van der Waals surface area contributed by atoms with Gasteiger partial charge in [-0.05, 0) is 125 Å². The summed E-state index contributed by atoms with van der Waals surface area (Å²) >= 11 is 0. The zero-order valence-corrected chi connectivity index (χ0v) is 21.8. The second-order valence-electron chi connectivity index (χ2n) is 10.9. The van der Waals surface area contributed by atoms with Crippen molar-refractivity contribution in [1.29, 1.82) is 0 Å². The van der Waals surface area contributed by atoms with Crippen LogP contribution in [0.15, 0.2) is 47.4 Å². The molecule has 0 spiro atoms. The molecule has 0 heterocycles. The number of rotatable bonds is 11. The average Bonchev–Trinajstić information content (AvgIpc) is 2.81. The lowest BCUT2D eigenvalue weighted by Crippen LogP contribution is -2.15. The lowest BCUT2D eigenvalue weighted by molar-refractivity contribution is 0.292. The van der Waals surface area contributed by atoms with E-state index in [1.165, 1.54) is 75.4 Å². The largest absolute Gasteiger partial charge is 0.212 e. The summed E-state index contributed by atoms with van der Waals surface area (Å²) in [7, 11) is 0. The number of hydrogen-bond donors (Lipinski definition) is 0. The molecule has 2 aliphatic rings. The van der Waals surface area contributed by atoms with Crippen LogP contribution < -0.4 is 0 Å². The molecule has 0 aliphatic heterocycles. The second-order valence-corrected chi connectivity index (χ2v) is 10.9. The third kappa shape index (κ3) is 9.40.